The van der Waals surface area contributed by atoms with Crippen molar-refractivity contribution in [3.63, 3.8) is 0 Å². The Morgan fingerprint density at radius 2 is 1.95 bits per heavy atom. The fourth-order valence-corrected chi connectivity index (χ4v) is 2.55. The maximum absolute atomic E-state index is 12.2. The van der Waals surface area contributed by atoms with Crippen LogP contribution in [0.25, 0.3) is 0 Å². The summed E-state index contributed by atoms with van der Waals surface area (Å²) in [6.45, 7) is 0.790. The van der Waals surface area contributed by atoms with Gasteiger partial charge in [-0.1, -0.05) is 48.0 Å². The molecule has 2 aromatic rings. The van der Waals surface area contributed by atoms with Crippen molar-refractivity contribution in [3.8, 4) is 0 Å². The lowest BCUT2D eigenvalue weighted by molar-refractivity contribution is -0.146. The minimum Gasteiger partial charge on any atom is -0.460 e. The van der Waals surface area contributed by atoms with Gasteiger partial charge in [0, 0.05) is 22.8 Å². The second-order valence-corrected chi connectivity index (χ2v) is 5.13. The minimum absolute atomic E-state index is 0.206. The Balaban J connectivity index is 1.68. The summed E-state index contributed by atoms with van der Waals surface area (Å²) in [6, 6.07) is 15.2. The summed E-state index contributed by atoms with van der Waals surface area (Å²) in [5.74, 6) is -0.462. The van der Waals surface area contributed by atoms with Gasteiger partial charge in [0.2, 0.25) is 0 Å². The van der Waals surface area contributed by atoms with E-state index in [1.54, 1.807) is 6.07 Å². The first kappa shape index (κ1) is 13.0. The van der Waals surface area contributed by atoms with Crippen LogP contribution in [-0.2, 0) is 16.1 Å². The van der Waals surface area contributed by atoms with Gasteiger partial charge < -0.3 is 10.1 Å². The Kier molecular flexibility index (Phi) is 3.61. The Morgan fingerprint density at radius 1 is 1.20 bits per heavy atom. The van der Waals surface area contributed by atoms with E-state index < -0.39 is 0 Å². The number of benzene rings is 2. The van der Waals surface area contributed by atoms with Crippen LogP contribution in [-0.4, -0.2) is 12.5 Å². The Bertz CT molecular complexity index is 642. The predicted molar refractivity (Wildman–Crippen MR) is 78.9 cm³/mol. The van der Waals surface area contributed by atoms with Crippen molar-refractivity contribution in [1.29, 1.82) is 0 Å². The van der Waals surface area contributed by atoms with Gasteiger partial charge in [-0.25, -0.2) is 0 Å². The van der Waals surface area contributed by atoms with E-state index in [1.807, 2.05) is 42.5 Å². The molecule has 20 heavy (non-hydrogen) atoms. The second kappa shape index (κ2) is 5.55. The van der Waals surface area contributed by atoms with Gasteiger partial charge in [-0.3, -0.25) is 4.79 Å². The van der Waals surface area contributed by atoms with Crippen molar-refractivity contribution >= 4 is 23.3 Å². The van der Waals surface area contributed by atoms with Crippen molar-refractivity contribution in [2.75, 3.05) is 11.9 Å². The molecule has 0 spiro atoms. The van der Waals surface area contributed by atoms with Gasteiger partial charge in [-0.2, -0.15) is 0 Å². The third-order valence-electron chi connectivity index (χ3n) is 3.45. The van der Waals surface area contributed by atoms with Gasteiger partial charge in [0.25, 0.3) is 0 Å². The fourth-order valence-electron chi connectivity index (χ4n) is 2.36. The highest BCUT2D eigenvalue weighted by Gasteiger charge is 2.29. The van der Waals surface area contributed by atoms with Crippen LogP contribution < -0.4 is 5.32 Å². The highest BCUT2D eigenvalue weighted by molar-refractivity contribution is 6.31. The minimum atomic E-state index is -0.242. The van der Waals surface area contributed by atoms with E-state index in [2.05, 4.69) is 5.32 Å². The summed E-state index contributed by atoms with van der Waals surface area (Å²) in [6.07, 6.45) is 0. The lowest BCUT2D eigenvalue weighted by atomic mass is 10.0. The SMILES string of the molecule is O=C(OCc1ccccc1Cl)C1CNc2ccccc21. The van der Waals surface area contributed by atoms with E-state index in [4.69, 9.17) is 16.3 Å². The van der Waals surface area contributed by atoms with Crippen LogP contribution in [0.1, 0.15) is 17.0 Å². The summed E-state index contributed by atoms with van der Waals surface area (Å²) in [5.41, 5.74) is 2.82. The number of hydrogen-bond donors (Lipinski definition) is 1. The molecule has 1 N–H and O–H groups in total. The van der Waals surface area contributed by atoms with Gasteiger partial charge in [0.05, 0.1) is 0 Å². The summed E-state index contributed by atoms with van der Waals surface area (Å²) in [5, 5.41) is 3.83. The molecule has 1 heterocycles. The molecule has 3 nitrogen and oxygen atoms in total. The van der Waals surface area contributed by atoms with Gasteiger partial charge in [0.15, 0.2) is 0 Å². The number of para-hydroxylation sites is 1. The molecule has 3 rings (SSSR count). The predicted octanol–water partition coefficient (Wildman–Crippen LogP) is 3.59. The van der Waals surface area contributed by atoms with Gasteiger partial charge in [-0.15, -0.1) is 0 Å². The maximum Gasteiger partial charge on any atom is 0.315 e. The lowest BCUT2D eigenvalue weighted by Gasteiger charge is -2.11. The second-order valence-electron chi connectivity index (χ2n) is 4.72. The third kappa shape index (κ3) is 2.49. The lowest BCUT2D eigenvalue weighted by Crippen LogP contribution is -2.17. The zero-order valence-corrected chi connectivity index (χ0v) is 11.6. The highest BCUT2D eigenvalue weighted by Crippen LogP contribution is 2.32. The van der Waals surface area contributed by atoms with Crippen molar-refractivity contribution in [1.82, 2.24) is 0 Å². The Morgan fingerprint density at radius 3 is 2.80 bits per heavy atom. The van der Waals surface area contributed by atoms with Crippen molar-refractivity contribution < 1.29 is 9.53 Å². The molecule has 1 aliphatic heterocycles. The van der Waals surface area contributed by atoms with E-state index in [0.29, 0.717) is 11.6 Å². The molecule has 0 radical (unpaired) electrons. The molecular weight excluding hydrogens is 274 g/mol. The largest absolute Gasteiger partial charge is 0.460 e. The topological polar surface area (TPSA) is 38.3 Å². The van der Waals surface area contributed by atoms with Crippen LogP contribution in [0.3, 0.4) is 0 Å². The number of esters is 1. The number of anilines is 1. The normalized spacial score (nSPS) is 16.4. The summed E-state index contributed by atoms with van der Waals surface area (Å²) in [7, 11) is 0. The average molecular weight is 288 g/mol. The molecule has 1 aliphatic rings. The van der Waals surface area contributed by atoms with Crippen molar-refractivity contribution in [2.45, 2.75) is 12.5 Å². The molecule has 0 bridgehead atoms. The van der Waals surface area contributed by atoms with Crippen molar-refractivity contribution in [2.24, 2.45) is 0 Å². The summed E-state index contributed by atoms with van der Waals surface area (Å²) in [4.78, 5) is 12.2. The summed E-state index contributed by atoms with van der Waals surface area (Å²) < 4.78 is 5.39. The van der Waals surface area contributed by atoms with Crippen LogP contribution in [0, 0.1) is 0 Å². The Hall–Kier alpha value is -2.00. The molecule has 0 fully saturated rings. The zero-order chi connectivity index (χ0) is 13.9. The first-order valence-corrected chi connectivity index (χ1v) is 6.86. The summed E-state index contributed by atoms with van der Waals surface area (Å²) >= 11 is 6.04. The third-order valence-corrected chi connectivity index (χ3v) is 3.81. The molecule has 2 aromatic carbocycles. The van der Waals surface area contributed by atoms with Gasteiger partial charge in [-0.05, 0) is 17.7 Å². The molecule has 4 heteroatoms. The number of carbonyl (C=O) groups is 1. The number of hydrogen-bond acceptors (Lipinski definition) is 3. The van der Waals surface area contributed by atoms with Crippen LogP contribution in [0.4, 0.5) is 5.69 Å². The van der Waals surface area contributed by atoms with Crippen LogP contribution in [0.15, 0.2) is 48.5 Å². The molecular formula is C16H14ClNO2. The van der Waals surface area contributed by atoms with Crippen LogP contribution in [0.2, 0.25) is 5.02 Å². The highest BCUT2D eigenvalue weighted by atomic mass is 35.5. The molecule has 0 amide bonds. The number of halogens is 1. The molecule has 102 valence electrons. The quantitative estimate of drug-likeness (QED) is 0.877. The van der Waals surface area contributed by atoms with E-state index >= 15 is 0 Å². The molecule has 0 saturated heterocycles. The molecule has 1 atom stereocenters. The Labute approximate surface area is 122 Å². The van der Waals surface area contributed by atoms with Crippen LogP contribution >= 0.6 is 11.6 Å². The smallest absolute Gasteiger partial charge is 0.315 e. The first-order chi connectivity index (χ1) is 9.75. The molecule has 0 aliphatic carbocycles. The first-order valence-electron chi connectivity index (χ1n) is 6.48. The van der Waals surface area contributed by atoms with E-state index in [9.17, 15) is 4.79 Å². The average Bonchev–Trinajstić information content (AvgIpc) is 2.90. The fraction of sp³-hybridized carbons (Fsp3) is 0.188. The number of rotatable bonds is 3. The number of fused-ring (bicyclic) bond motifs is 1. The maximum atomic E-state index is 12.2. The zero-order valence-electron chi connectivity index (χ0n) is 10.8. The number of carbonyl (C=O) groups excluding carboxylic acids is 1. The standard InChI is InChI=1S/C16H14ClNO2/c17-14-7-3-1-5-11(14)10-20-16(19)13-9-18-15-8-4-2-6-12(13)15/h1-8,13,18H,9-10H2. The van der Waals surface area contributed by atoms with Gasteiger partial charge in [0.1, 0.15) is 12.5 Å². The van der Waals surface area contributed by atoms with E-state index in [0.717, 1.165) is 16.8 Å². The van der Waals surface area contributed by atoms with Crippen LogP contribution in [0.5, 0.6) is 0 Å². The molecule has 0 saturated carbocycles. The number of ether oxygens (including phenoxy) is 1. The monoisotopic (exact) mass is 287 g/mol. The molecule has 1 unspecified atom stereocenters. The molecule has 0 aromatic heterocycles. The van der Waals surface area contributed by atoms with E-state index in [1.165, 1.54) is 0 Å². The van der Waals surface area contributed by atoms with E-state index in [-0.39, 0.29) is 18.5 Å². The van der Waals surface area contributed by atoms with Crippen molar-refractivity contribution in [3.05, 3.63) is 64.7 Å². The van der Waals surface area contributed by atoms with Gasteiger partial charge >= 0.3 is 5.97 Å². The number of nitrogens with one attached hydrogen (secondary N) is 1.